The smallest absolute Gasteiger partial charge is 0.262 e. The first-order valence-electron chi connectivity index (χ1n) is 10.6. The van der Waals surface area contributed by atoms with Crippen LogP contribution in [0.5, 0.6) is 5.75 Å². The molecule has 3 aromatic rings. The van der Waals surface area contributed by atoms with Crippen LogP contribution in [0.4, 0.5) is 10.1 Å². The number of hydrogen-bond donors (Lipinski definition) is 0. The number of fused-ring (bicyclic) bond motifs is 1. The van der Waals surface area contributed by atoms with Crippen molar-refractivity contribution in [2.45, 2.75) is 26.2 Å². The number of ether oxygens (including phenoxy) is 2. The highest BCUT2D eigenvalue weighted by atomic mass is 19.1. The Bertz CT molecular complexity index is 1130. The van der Waals surface area contributed by atoms with Gasteiger partial charge in [-0.15, -0.1) is 0 Å². The number of halogens is 1. The zero-order valence-electron chi connectivity index (χ0n) is 18.7. The van der Waals surface area contributed by atoms with Gasteiger partial charge < -0.3 is 14.4 Å². The van der Waals surface area contributed by atoms with Crippen molar-refractivity contribution < 1.29 is 18.7 Å². The number of rotatable bonds is 6. The molecule has 0 N–H and O–H groups in total. The largest absolute Gasteiger partial charge is 0.496 e. The fraction of sp³-hybridized carbons (Fsp3) is 0.375. The van der Waals surface area contributed by atoms with Gasteiger partial charge in [0.15, 0.2) is 5.82 Å². The van der Waals surface area contributed by atoms with E-state index in [1.54, 1.807) is 47.3 Å². The highest BCUT2D eigenvalue weighted by Gasteiger charge is 2.32. The molecule has 0 aliphatic carbocycles. The summed E-state index contributed by atoms with van der Waals surface area (Å²) < 4.78 is 27.0. The summed E-state index contributed by atoms with van der Waals surface area (Å²) in [5.74, 6) is 0.761. The van der Waals surface area contributed by atoms with Crippen LogP contribution in [0.2, 0.25) is 0 Å². The Kier molecular flexibility index (Phi) is 6.23. The SMILES string of the molecule is COCC1Cc2c(F)cccc2N(C(=O)c2cc(-n3cnc(C(C)C)n3)ccc2OC)C1. The van der Waals surface area contributed by atoms with Gasteiger partial charge in [-0.2, -0.15) is 5.10 Å². The summed E-state index contributed by atoms with van der Waals surface area (Å²) in [6.07, 6.45) is 2.15. The van der Waals surface area contributed by atoms with Crippen LogP contribution in [-0.4, -0.2) is 48.0 Å². The zero-order valence-corrected chi connectivity index (χ0v) is 18.7. The van der Waals surface area contributed by atoms with Gasteiger partial charge in [0.05, 0.1) is 30.7 Å². The van der Waals surface area contributed by atoms with Crippen molar-refractivity contribution >= 4 is 11.6 Å². The van der Waals surface area contributed by atoms with Crippen molar-refractivity contribution in [3.8, 4) is 11.4 Å². The number of hydrogen-bond acceptors (Lipinski definition) is 5. The van der Waals surface area contributed by atoms with E-state index in [1.807, 2.05) is 19.9 Å². The summed E-state index contributed by atoms with van der Waals surface area (Å²) in [6, 6.07) is 10.1. The molecule has 2 heterocycles. The summed E-state index contributed by atoms with van der Waals surface area (Å²) >= 11 is 0. The fourth-order valence-corrected chi connectivity index (χ4v) is 4.07. The Morgan fingerprint density at radius 2 is 2.06 bits per heavy atom. The summed E-state index contributed by atoms with van der Waals surface area (Å²) in [7, 11) is 3.13. The second-order valence-electron chi connectivity index (χ2n) is 8.27. The molecule has 1 amide bonds. The van der Waals surface area contributed by atoms with Crippen LogP contribution in [0.3, 0.4) is 0 Å². The molecule has 1 unspecified atom stereocenters. The van der Waals surface area contributed by atoms with Crippen molar-refractivity contribution in [1.29, 1.82) is 0 Å². The number of benzene rings is 2. The molecule has 0 spiro atoms. The molecule has 1 aromatic heterocycles. The van der Waals surface area contributed by atoms with E-state index in [9.17, 15) is 9.18 Å². The number of aromatic nitrogens is 3. The monoisotopic (exact) mass is 438 g/mol. The van der Waals surface area contributed by atoms with E-state index in [-0.39, 0.29) is 23.6 Å². The lowest BCUT2D eigenvalue weighted by atomic mass is 9.92. The molecule has 4 rings (SSSR count). The number of methoxy groups -OCH3 is 2. The highest BCUT2D eigenvalue weighted by molar-refractivity contribution is 6.09. The summed E-state index contributed by atoms with van der Waals surface area (Å²) in [5.41, 5.74) is 2.18. The standard InChI is InChI=1S/C24H27FN4O3/c1-15(2)23-26-14-29(27-23)17-8-9-22(32-4)19(11-17)24(30)28-12-16(13-31-3)10-18-20(25)6-5-7-21(18)28/h5-9,11,14-16H,10,12-13H2,1-4H3. The van der Waals surface area contributed by atoms with E-state index in [1.165, 1.54) is 13.2 Å². The van der Waals surface area contributed by atoms with Gasteiger partial charge in [-0.25, -0.2) is 14.1 Å². The van der Waals surface area contributed by atoms with Gasteiger partial charge in [-0.1, -0.05) is 19.9 Å². The molecule has 0 bridgehead atoms. The van der Waals surface area contributed by atoms with Crippen LogP contribution >= 0.6 is 0 Å². The molecule has 32 heavy (non-hydrogen) atoms. The van der Waals surface area contributed by atoms with Crippen molar-refractivity contribution in [3.63, 3.8) is 0 Å². The van der Waals surface area contributed by atoms with Crippen molar-refractivity contribution in [2.75, 3.05) is 32.3 Å². The summed E-state index contributed by atoms with van der Waals surface area (Å²) in [4.78, 5) is 19.7. The van der Waals surface area contributed by atoms with Crippen molar-refractivity contribution in [2.24, 2.45) is 5.92 Å². The maximum absolute atomic E-state index is 14.6. The lowest BCUT2D eigenvalue weighted by Crippen LogP contribution is -2.42. The number of nitrogens with zero attached hydrogens (tertiary/aromatic N) is 4. The second kappa shape index (κ2) is 9.08. The highest BCUT2D eigenvalue weighted by Crippen LogP contribution is 2.34. The molecular weight excluding hydrogens is 411 g/mol. The lowest BCUT2D eigenvalue weighted by Gasteiger charge is -2.35. The fourth-order valence-electron chi connectivity index (χ4n) is 4.07. The molecule has 0 fully saturated rings. The van der Waals surface area contributed by atoms with Crippen LogP contribution in [-0.2, 0) is 11.2 Å². The van der Waals surface area contributed by atoms with E-state index in [2.05, 4.69) is 10.1 Å². The predicted octanol–water partition coefficient (Wildman–Crippen LogP) is 4.00. The summed E-state index contributed by atoms with van der Waals surface area (Å²) in [6.45, 7) is 4.90. The van der Waals surface area contributed by atoms with Gasteiger partial charge in [-0.3, -0.25) is 4.79 Å². The van der Waals surface area contributed by atoms with Crippen molar-refractivity contribution in [3.05, 3.63) is 65.5 Å². The topological polar surface area (TPSA) is 69.5 Å². The van der Waals surface area contributed by atoms with Gasteiger partial charge in [-0.05, 0) is 36.8 Å². The Balaban J connectivity index is 1.75. The molecule has 0 radical (unpaired) electrons. The quantitative estimate of drug-likeness (QED) is 0.582. The first kappa shape index (κ1) is 22.0. The number of amides is 1. The van der Waals surface area contributed by atoms with E-state index < -0.39 is 0 Å². The van der Waals surface area contributed by atoms with E-state index >= 15 is 0 Å². The van der Waals surface area contributed by atoms with Gasteiger partial charge in [0.2, 0.25) is 0 Å². The average molecular weight is 439 g/mol. The van der Waals surface area contributed by atoms with Crippen LogP contribution in [0.1, 0.15) is 41.5 Å². The molecule has 1 aliphatic heterocycles. The number of carbonyl (C=O) groups is 1. The van der Waals surface area contributed by atoms with Gasteiger partial charge in [0.1, 0.15) is 17.9 Å². The molecule has 8 heteroatoms. The number of anilines is 1. The molecule has 1 atom stereocenters. The van der Waals surface area contributed by atoms with Crippen LogP contribution in [0.25, 0.3) is 5.69 Å². The van der Waals surface area contributed by atoms with Crippen LogP contribution < -0.4 is 9.64 Å². The predicted molar refractivity (Wildman–Crippen MR) is 119 cm³/mol. The normalized spacial score (nSPS) is 15.7. The Morgan fingerprint density at radius 3 is 2.75 bits per heavy atom. The minimum Gasteiger partial charge on any atom is -0.496 e. The first-order valence-corrected chi connectivity index (χ1v) is 10.6. The average Bonchev–Trinajstić information content (AvgIpc) is 3.29. The van der Waals surface area contributed by atoms with E-state index in [4.69, 9.17) is 9.47 Å². The minimum atomic E-state index is -0.314. The third kappa shape index (κ3) is 4.10. The van der Waals surface area contributed by atoms with Crippen molar-refractivity contribution in [1.82, 2.24) is 14.8 Å². The third-order valence-electron chi connectivity index (χ3n) is 5.67. The Hall–Kier alpha value is -3.26. The molecule has 7 nitrogen and oxygen atoms in total. The minimum absolute atomic E-state index is 0.00792. The Morgan fingerprint density at radius 1 is 1.25 bits per heavy atom. The van der Waals surface area contributed by atoms with Gasteiger partial charge >= 0.3 is 0 Å². The zero-order chi connectivity index (χ0) is 22.8. The number of carbonyl (C=O) groups excluding carboxylic acids is 1. The van der Waals surface area contributed by atoms with Crippen LogP contribution in [0.15, 0.2) is 42.7 Å². The maximum Gasteiger partial charge on any atom is 0.262 e. The molecule has 168 valence electrons. The molecule has 0 saturated heterocycles. The lowest BCUT2D eigenvalue weighted by molar-refractivity contribution is 0.0962. The molecule has 0 saturated carbocycles. The third-order valence-corrected chi connectivity index (χ3v) is 5.67. The molecule has 2 aromatic carbocycles. The van der Waals surface area contributed by atoms with Gasteiger partial charge in [0.25, 0.3) is 5.91 Å². The second-order valence-corrected chi connectivity index (χ2v) is 8.27. The van der Waals surface area contributed by atoms with E-state index in [0.29, 0.717) is 47.8 Å². The van der Waals surface area contributed by atoms with Crippen LogP contribution in [0, 0.1) is 11.7 Å². The molecule has 1 aliphatic rings. The van der Waals surface area contributed by atoms with Gasteiger partial charge in [0, 0.05) is 31.1 Å². The first-order chi connectivity index (χ1) is 15.4. The maximum atomic E-state index is 14.6. The molecular formula is C24H27FN4O3. The van der Waals surface area contributed by atoms with E-state index in [0.717, 1.165) is 5.82 Å². The summed E-state index contributed by atoms with van der Waals surface area (Å²) in [5, 5.41) is 4.51. The Labute approximate surface area is 186 Å².